The number of para-hydroxylation sites is 1. The van der Waals surface area contributed by atoms with Crippen LogP contribution in [0.15, 0.2) is 53.4 Å². The summed E-state index contributed by atoms with van der Waals surface area (Å²) in [5.74, 6) is -1.57. The van der Waals surface area contributed by atoms with E-state index in [0.29, 0.717) is 0 Å². The molecule has 3 rings (SSSR count). The SMILES string of the molecule is C[C@@H]1Oc2ccccc2C(=O)N(CC(=O)c2cccc(S(=O)(=O)N(C)C)c2)C1=O. The van der Waals surface area contributed by atoms with Crippen LogP contribution in [-0.4, -0.2) is 62.0 Å². The fourth-order valence-corrected chi connectivity index (χ4v) is 3.83. The predicted octanol–water partition coefficient (Wildman–Crippen LogP) is 1.57. The highest BCUT2D eigenvalue weighted by atomic mass is 32.2. The molecular weight excluding hydrogens is 396 g/mol. The van der Waals surface area contributed by atoms with E-state index in [1.54, 1.807) is 18.2 Å². The molecule has 152 valence electrons. The lowest BCUT2D eigenvalue weighted by Gasteiger charge is -2.20. The molecule has 0 unspecified atom stereocenters. The summed E-state index contributed by atoms with van der Waals surface area (Å²) < 4.78 is 31.2. The summed E-state index contributed by atoms with van der Waals surface area (Å²) in [6, 6.07) is 11.9. The number of rotatable bonds is 5. The van der Waals surface area contributed by atoms with Gasteiger partial charge in [0, 0.05) is 19.7 Å². The van der Waals surface area contributed by atoms with Gasteiger partial charge in [-0.3, -0.25) is 19.3 Å². The highest BCUT2D eigenvalue weighted by Gasteiger charge is 2.35. The van der Waals surface area contributed by atoms with E-state index in [1.165, 1.54) is 51.4 Å². The van der Waals surface area contributed by atoms with E-state index in [1.807, 2.05) is 0 Å². The Morgan fingerprint density at radius 1 is 1.10 bits per heavy atom. The number of amides is 2. The summed E-state index contributed by atoms with van der Waals surface area (Å²) in [6.07, 6.45) is -0.948. The van der Waals surface area contributed by atoms with Crippen LogP contribution in [0.4, 0.5) is 0 Å². The number of sulfonamides is 1. The summed E-state index contributed by atoms with van der Waals surface area (Å²) >= 11 is 0. The average Bonchev–Trinajstić information content (AvgIpc) is 2.78. The normalized spacial score (nSPS) is 17.0. The van der Waals surface area contributed by atoms with Crippen molar-refractivity contribution < 1.29 is 27.5 Å². The molecule has 1 atom stereocenters. The van der Waals surface area contributed by atoms with Crippen LogP contribution in [0.25, 0.3) is 0 Å². The molecule has 0 fully saturated rings. The first-order chi connectivity index (χ1) is 13.6. The highest BCUT2D eigenvalue weighted by molar-refractivity contribution is 7.89. The van der Waals surface area contributed by atoms with Crippen molar-refractivity contribution in [2.75, 3.05) is 20.6 Å². The maximum atomic E-state index is 12.8. The second-order valence-corrected chi connectivity index (χ2v) is 8.88. The van der Waals surface area contributed by atoms with Crippen molar-refractivity contribution in [2.24, 2.45) is 0 Å². The molecule has 9 heteroatoms. The number of carbonyl (C=O) groups excluding carboxylic acids is 3. The van der Waals surface area contributed by atoms with Crippen molar-refractivity contribution in [1.82, 2.24) is 9.21 Å². The van der Waals surface area contributed by atoms with E-state index in [9.17, 15) is 22.8 Å². The molecular formula is C20H20N2O6S. The minimum Gasteiger partial charge on any atom is -0.480 e. The molecule has 1 aliphatic rings. The van der Waals surface area contributed by atoms with Gasteiger partial charge in [0.2, 0.25) is 10.0 Å². The van der Waals surface area contributed by atoms with Gasteiger partial charge in [0.15, 0.2) is 11.9 Å². The van der Waals surface area contributed by atoms with Crippen molar-refractivity contribution in [1.29, 1.82) is 0 Å². The Hall–Kier alpha value is -3.04. The standard InChI is InChI=1S/C20H20N2O6S/c1-13-19(24)22(20(25)16-9-4-5-10-18(16)28-13)12-17(23)14-7-6-8-15(11-14)29(26,27)21(2)3/h4-11,13H,12H2,1-3H3/t13-/m0/s1. The predicted molar refractivity (Wildman–Crippen MR) is 104 cm³/mol. The number of Topliss-reactive ketones (excluding diaryl/α,β-unsaturated/α-hetero) is 1. The highest BCUT2D eigenvalue weighted by Crippen LogP contribution is 2.25. The Bertz CT molecular complexity index is 1090. The molecule has 0 saturated heterocycles. The summed E-state index contributed by atoms with van der Waals surface area (Å²) in [7, 11) is -0.956. The van der Waals surface area contributed by atoms with Crippen LogP contribution >= 0.6 is 0 Å². The van der Waals surface area contributed by atoms with Crippen LogP contribution < -0.4 is 4.74 Å². The Morgan fingerprint density at radius 3 is 2.48 bits per heavy atom. The van der Waals surface area contributed by atoms with Gasteiger partial charge in [-0.2, -0.15) is 0 Å². The van der Waals surface area contributed by atoms with Gasteiger partial charge in [-0.25, -0.2) is 12.7 Å². The van der Waals surface area contributed by atoms with Crippen LogP contribution in [0.3, 0.4) is 0 Å². The van der Waals surface area contributed by atoms with E-state index in [-0.39, 0.29) is 21.8 Å². The quantitative estimate of drug-likeness (QED) is 0.542. The smallest absolute Gasteiger partial charge is 0.270 e. The molecule has 0 N–H and O–H groups in total. The van der Waals surface area contributed by atoms with Gasteiger partial charge in [-0.15, -0.1) is 0 Å². The summed E-state index contributed by atoms with van der Waals surface area (Å²) in [5, 5.41) is 0. The van der Waals surface area contributed by atoms with E-state index in [0.717, 1.165) is 9.21 Å². The zero-order chi connectivity index (χ0) is 21.3. The van der Waals surface area contributed by atoms with Crippen LogP contribution in [0, 0.1) is 0 Å². The Kier molecular flexibility index (Phi) is 5.54. The number of ether oxygens (including phenoxy) is 1. The number of fused-ring (bicyclic) bond motifs is 1. The molecule has 1 heterocycles. The molecule has 2 aromatic rings. The number of carbonyl (C=O) groups is 3. The zero-order valence-electron chi connectivity index (χ0n) is 16.2. The molecule has 0 spiro atoms. The molecule has 0 aromatic heterocycles. The van der Waals surface area contributed by atoms with Gasteiger partial charge in [0.25, 0.3) is 11.8 Å². The van der Waals surface area contributed by atoms with Gasteiger partial charge < -0.3 is 4.74 Å². The molecule has 29 heavy (non-hydrogen) atoms. The van der Waals surface area contributed by atoms with Gasteiger partial charge in [0.1, 0.15) is 5.75 Å². The number of imide groups is 1. The first-order valence-electron chi connectivity index (χ1n) is 8.80. The van der Waals surface area contributed by atoms with Crippen molar-refractivity contribution >= 4 is 27.6 Å². The number of hydrogen-bond donors (Lipinski definition) is 0. The van der Waals surface area contributed by atoms with Gasteiger partial charge in [0.05, 0.1) is 17.0 Å². The minimum absolute atomic E-state index is 0.0519. The van der Waals surface area contributed by atoms with Crippen LogP contribution in [0.1, 0.15) is 27.6 Å². The average molecular weight is 416 g/mol. The third-order valence-corrected chi connectivity index (χ3v) is 6.33. The summed E-state index contributed by atoms with van der Waals surface area (Å²) in [4.78, 5) is 39.1. The van der Waals surface area contributed by atoms with Gasteiger partial charge >= 0.3 is 0 Å². The monoisotopic (exact) mass is 416 g/mol. The van der Waals surface area contributed by atoms with Crippen molar-refractivity contribution in [3.05, 3.63) is 59.7 Å². The lowest BCUT2D eigenvalue weighted by Crippen LogP contribution is -2.44. The molecule has 8 nitrogen and oxygen atoms in total. The number of hydrogen-bond acceptors (Lipinski definition) is 6. The Morgan fingerprint density at radius 2 is 1.79 bits per heavy atom. The van der Waals surface area contributed by atoms with Crippen molar-refractivity contribution in [3.63, 3.8) is 0 Å². The first-order valence-corrected chi connectivity index (χ1v) is 10.2. The topological polar surface area (TPSA) is 101 Å². The van der Waals surface area contributed by atoms with Gasteiger partial charge in [-0.05, 0) is 31.2 Å². The molecule has 0 saturated carbocycles. The number of ketones is 1. The van der Waals surface area contributed by atoms with Crippen molar-refractivity contribution in [3.8, 4) is 5.75 Å². The zero-order valence-corrected chi connectivity index (χ0v) is 17.0. The van der Waals surface area contributed by atoms with Crippen LogP contribution in [0.5, 0.6) is 5.75 Å². The van der Waals surface area contributed by atoms with Crippen molar-refractivity contribution in [2.45, 2.75) is 17.9 Å². The van der Waals surface area contributed by atoms with E-state index >= 15 is 0 Å². The minimum atomic E-state index is -3.73. The molecule has 2 aromatic carbocycles. The maximum Gasteiger partial charge on any atom is 0.270 e. The van der Waals surface area contributed by atoms with Crippen LogP contribution in [0.2, 0.25) is 0 Å². The molecule has 2 amide bonds. The molecule has 0 radical (unpaired) electrons. The fourth-order valence-electron chi connectivity index (χ4n) is 2.88. The van der Waals surface area contributed by atoms with E-state index < -0.39 is 40.3 Å². The Labute approximate surface area is 168 Å². The molecule has 0 aliphatic carbocycles. The number of nitrogens with zero attached hydrogens (tertiary/aromatic N) is 2. The summed E-state index contributed by atoms with van der Waals surface area (Å²) in [6.45, 7) is 0.977. The van der Waals surface area contributed by atoms with E-state index in [2.05, 4.69) is 0 Å². The first kappa shape index (κ1) is 20.7. The lowest BCUT2D eigenvalue weighted by molar-refractivity contribution is -0.134. The number of benzene rings is 2. The van der Waals surface area contributed by atoms with E-state index in [4.69, 9.17) is 4.74 Å². The lowest BCUT2D eigenvalue weighted by atomic mass is 10.1. The molecule has 0 bridgehead atoms. The second-order valence-electron chi connectivity index (χ2n) is 6.72. The fraction of sp³-hybridized carbons (Fsp3) is 0.250. The molecule has 1 aliphatic heterocycles. The maximum absolute atomic E-state index is 12.8. The third-order valence-electron chi connectivity index (χ3n) is 4.52. The largest absolute Gasteiger partial charge is 0.480 e. The third kappa shape index (κ3) is 3.92. The van der Waals surface area contributed by atoms with Crippen LogP contribution in [-0.2, 0) is 14.8 Å². The summed E-state index contributed by atoms with van der Waals surface area (Å²) in [5.41, 5.74) is 0.265. The Balaban J connectivity index is 1.92. The second kappa shape index (κ2) is 7.76. The van der Waals surface area contributed by atoms with Gasteiger partial charge in [-0.1, -0.05) is 24.3 Å².